The standard InChI is InChI=1S/C17H18Cl2N2O6.Na/c1-2-11(21(25)26)8-10-4-5-12(15(19)14(10)18)27-17(6-3-7-17)16(24)20-9-13(22)23;/h4-5,8H,2-3,6-7,9H2,1H3,(H,20,24)(H,22,23);/q;+1/p-1/b11-8+;. The Balaban J connectivity index is 0.00000392. The summed E-state index contributed by atoms with van der Waals surface area (Å²) in [6.45, 7) is 1.02. The van der Waals surface area contributed by atoms with Crippen molar-refractivity contribution in [1.82, 2.24) is 5.32 Å². The van der Waals surface area contributed by atoms with Gasteiger partial charge < -0.3 is 20.0 Å². The molecule has 1 fully saturated rings. The molecule has 1 N–H and O–H groups in total. The van der Waals surface area contributed by atoms with Crippen molar-refractivity contribution in [2.45, 2.75) is 38.2 Å². The Labute approximate surface area is 193 Å². The van der Waals surface area contributed by atoms with Crippen molar-refractivity contribution in [3.05, 3.63) is 43.6 Å². The van der Waals surface area contributed by atoms with Gasteiger partial charge in [0.1, 0.15) is 10.8 Å². The summed E-state index contributed by atoms with van der Waals surface area (Å²) >= 11 is 12.4. The summed E-state index contributed by atoms with van der Waals surface area (Å²) in [5.74, 6) is -1.84. The minimum atomic E-state index is -1.41. The molecule has 0 radical (unpaired) electrons. The average molecular weight is 439 g/mol. The number of benzene rings is 1. The topological polar surface area (TPSA) is 122 Å². The van der Waals surface area contributed by atoms with Gasteiger partial charge in [-0.15, -0.1) is 0 Å². The number of carbonyl (C=O) groups is 2. The van der Waals surface area contributed by atoms with Gasteiger partial charge in [-0.25, -0.2) is 0 Å². The molecular weight excluding hydrogens is 422 g/mol. The molecule has 1 saturated carbocycles. The second-order valence-electron chi connectivity index (χ2n) is 6.03. The fourth-order valence-corrected chi connectivity index (χ4v) is 3.02. The molecule has 0 aliphatic heterocycles. The number of hydrogen-bond acceptors (Lipinski definition) is 6. The maximum Gasteiger partial charge on any atom is 1.00 e. The smallest absolute Gasteiger partial charge is 0.548 e. The van der Waals surface area contributed by atoms with Crippen LogP contribution in [0.15, 0.2) is 17.8 Å². The summed E-state index contributed by atoms with van der Waals surface area (Å²) in [6, 6.07) is 2.98. The van der Waals surface area contributed by atoms with E-state index in [2.05, 4.69) is 5.32 Å². The van der Waals surface area contributed by atoms with Crippen molar-refractivity contribution in [2.24, 2.45) is 0 Å². The molecule has 146 valence electrons. The molecular formula is C17H17Cl2N2NaO6. The number of ether oxygens (including phenoxy) is 1. The van der Waals surface area contributed by atoms with Crippen molar-refractivity contribution in [3.8, 4) is 5.75 Å². The maximum absolute atomic E-state index is 12.3. The number of hydrogen-bond donors (Lipinski definition) is 1. The van der Waals surface area contributed by atoms with Crippen molar-refractivity contribution in [3.63, 3.8) is 0 Å². The Bertz CT molecular complexity index is 811. The predicted octanol–water partition coefficient (Wildman–Crippen LogP) is -0.807. The normalized spacial score (nSPS) is 15.0. The zero-order chi connectivity index (χ0) is 20.2. The molecule has 0 bridgehead atoms. The van der Waals surface area contributed by atoms with Crippen molar-refractivity contribution in [2.75, 3.05) is 6.54 Å². The Morgan fingerprint density at radius 1 is 1.32 bits per heavy atom. The van der Waals surface area contributed by atoms with Gasteiger partial charge in [-0.2, -0.15) is 0 Å². The van der Waals surface area contributed by atoms with E-state index in [0.717, 1.165) is 6.42 Å². The van der Waals surface area contributed by atoms with E-state index in [4.69, 9.17) is 27.9 Å². The van der Waals surface area contributed by atoms with Crippen molar-refractivity contribution < 1.29 is 53.9 Å². The molecule has 2 rings (SSSR count). The number of halogens is 2. The molecule has 11 heteroatoms. The third-order valence-electron chi connectivity index (χ3n) is 4.27. The van der Waals surface area contributed by atoms with Crippen LogP contribution in [0, 0.1) is 10.1 Å². The average Bonchev–Trinajstić information content (AvgIpc) is 2.58. The number of rotatable bonds is 8. The van der Waals surface area contributed by atoms with Crippen LogP contribution in [-0.4, -0.2) is 28.9 Å². The Morgan fingerprint density at radius 2 is 1.96 bits per heavy atom. The van der Waals surface area contributed by atoms with Crippen molar-refractivity contribution >= 4 is 41.2 Å². The molecule has 0 atom stereocenters. The largest absolute Gasteiger partial charge is 1.00 e. The van der Waals surface area contributed by atoms with Gasteiger partial charge in [0.25, 0.3) is 5.91 Å². The van der Waals surface area contributed by atoms with Crippen LogP contribution >= 0.6 is 23.2 Å². The van der Waals surface area contributed by atoms with Crippen molar-refractivity contribution in [1.29, 1.82) is 0 Å². The molecule has 1 aromatic rings. The quantitative estimate of drug-likeness (QED) is 0.322. The summed E-state index contributed by atoms with van der Waals surface area (Å²) in [5, 5.41) is 23.8. The van der Waals surface area contributed by atoms with E-state index in [1.165, 1.54) is 18.2 Å². The van der Waals surface area contributed by atoms with Crippen LogP contribution in [0.2, 0.25) is 10.0 Å². The Hall–Kier alpha value is -1.32. The van der Waals surface area contributed by atoms with Crippen LogP contribution < -0.4 is 44.7 Å². The van der Waals surface area contributed by atoms with Crippen LogP contribution in [0.25, 0.3) is 6.08 Å². The second-order valence-corrected chi connectivity index (χ2v) is 6.79. The van der Waals surface area contributed by atoms with Gasteiger partial charge >= 0.3 is 29.6 Å². The van der Waals surface area contributed by atoms with Gasteiger partial charge in [-0.05, 0) is 31.4 Å². The van der Waals surface area contributed by atoms with Crippen LogP contribution in [0.5, 0.6) is 5.75 Å². The zero-order valence-corrected chi connectivity index (χ0v) is 18.9. The molecule has 0 spiro atoms. The summed E-state index contributed by atoms with van der Waals surface area (Å²) in [6.07, 6.45) is 3.05. The molecule has 0 saturated heterocycles. The number of carboxylic acids is 1. The predicted molar refractivity (Wildman–Crippen MR) is 97.0 cm³/mol. The van der Waals surface area contributed by atoms with E-state index in [9.17, 15) is 24.8 Å². The van der Waals surface area contributed by atoms with Crippen LogP contribution in [0.1, 0.15) is 38.2 Å². The first-order valence-electron chi connectivity index (χ1n) is 8.20. The maximum atomic E-state index is 12.3. The van der Waals surface area contributed by atoms with E-state index in [1.54, 1.807) is 6.92 Å². The SMILES string of the molecule is CC/C(=C\c1ccc(OC2(C(=O)NCC(=O)[O-])CCC2)c(Cl)c1Cl)[N+](=O)[O-].[Na+]. The van der Waals surface area contributed by atoms with E-state index < -0.39 is 28.9 Å². The van der Waals surface area contributed by atoms with E-state index >= 15 is 0 Å². The second kappa shape index (κ2) is 10.5. The Kier molecular flexibility index (Phi) is 9.23. The number of carboxylic acid groups (broad SMARTS) is 1. The van der Waals surface area contributed by atoms with E-state index in [1.807, 2.05) is 0 Å². The van der Waals surface area contributed by atoms with Crippen LogP contribution in [-0.2, 0) is 9.59 Å². The van der Waals surface area contributed by atoms with Gasteiger partial charge in [0.05, 0.1) is 22.5 Å². The fourth-order valence-electron chi connectivity index (χ4n) is 2.60. The van der Waals surface area contributed by atoms with Gasteiger partial charge in [0.2, 0.25) is 5.70 Å². The molecule has 0 aromatic heterocycles. The van der Waals surface area contributed by atoms with Gasteiger partial charge in [0, 0.05) is 18.1 Å². The molecule has 1 aliphatic rings. The van der Waals surface area contributed by atoms with Gasteiger partial charge in [-0.1, -0.05) is 30.1 Å². The molecule has 1 amide bonds. The summed E-state index contributed by atoms with van der Waals surface area (Å²) in [5.41, 5.74) is -0.903. The molecule has 8 nitrogen and oxygen atoms in total. The molecule has 1 aromatic carbocycles. The summed E-state index contributed by atoms with van der Waals surface area (Å²) in [7, 11) is 0. The number of carbonyl (C=O) groups excluding carboxylic acids is 2. The first-order chi connectivity index (χ1) is 12.7. The number of amides is 1. The Morgan fingerprint density at radius 3 is 2.43 bits per heavy atom. The monoisotopic (exact) mass is 438 g/mol. The number of nitrogens with zero attached hydrogens (tertiary/aromatic N) is 1. The van der Waals surface area contributed by atoms with E-state index in [0.29, 0.717) is 18.4 Å². The molecule has 1 aliphatic carbocycles. The third kappa shape index (κ3) is 5.61. The summed E-state index contributed by atoms with van der Waals surface area (Å²) in [4.78, 5) is 33.3. The number of aliphatic carboxylic acids is 1. The first-order valence-corrected chi connectivity index (χ1v) is 8.96. The van der Waals surface area contributed by atoms with E-state index in [-0.39, 0.29) is 57.5 Å². The molecule has 0 heterocycles. The van der Waals surface area contributed by atoms with Gasteiger partial charge in [-0.3, -0.25) is 14.9 Å². The number of allylic oxidation sites excluding steroid dienone is 1. The fraction of sp³-hybridized carbons (Fsp3) is 0.412. The minimum Gasteiger partial charge on any atom is -0.548 e. The summed E-state index contributed by atoms with van der Waals surface area (Å²) < 4.78 is 5.78. The minimum absolute atomic E-state index is 0. The van der Waals surface area contributed by atoms with Crippen LogP contribution in [0.3, 0.4) is 0 Å². The number of nitro groups is 1. The zero-order valence-electron chi connectivity index (χ0n) is 15.4. The molecule has 0 unspecified atom stereocenters. The van der Waals surface area contributed by atoms with Gasteiger partial charge in [0.15, 0.2) is 5.60 Å². The third-order valence-corrected chi connectivity index (χ3v) is 5.15. The number of nitrogens with one attached hydrogen (secondary N) is 1. The first kappa shape index (κ1) is 24.7. The molecule has 28 heavy (non-hydrogen) atoms. The van der Waals surface area contributed by atoms with Crippen LogP contribution in [0.4, 0.5) is 0 Å².